The molecule has 3 aromatic rings. The number of carbonyl (C=O) groups excluding carboxylic acids is 2. The Morgan fingerprint density at radius 1 is 1.10 bits per heavy atom. The van der Waals surface area contributed by atoms with Crippen LogP contribution in [0.4, 0.5) is 0 Å². The summed E-state index contributed by atoms with van der Waals surface area (Å²) in [5.74, 6) is 0.670. The van der Waals surface area contributed by atoms with Crippen LogP contribution in [-0.4, -0.2) is 59.0 Å². The quantitative estimate of drug-likeness (QED) is 0.626. The van der Waals surface area contributed by atoms with Gasteiger partial charge in [-0.1, -0.05) is 35.5 Å². The molecule has 1 N–H and O–H groups in total. The maximum atomic E-state index is 12.8. The largest absolute Gasteiger partial charge is 0.497 e. The summed E-state index contributed by atoms with van der Waals surface area (Å²) in [4.78, 5) is 26.8. The first-order valence-electron chi connectivity index (χ1n) is 9.84. The van der Waals surface area contributed by atoms with E-state index in [4.69, 9.17) is 9.47 Å². The van der Waals surface area contributed by atoms with Crippen LogP contribution in [0.3, 0.4) is 0 Å². The number of hydrogen-bond acceptors (Lipinski definition) is 6. The first-order valence-corrected chi connectivity index (χ1v) is 9.84. The van der Waals surface area contributed by atoms with Crippen molar-refractivity contribution in [2.75, 3.05) is 27.3 Å². The molecular formula is C22H23N5O4. The summed E-state index contributed by atoms with van der Waals surface area (Å²) >= 11 is 0. The van der Waals surface area contributed by atoms with Gasteiger partial charge < -0.3 is 19.7 Å². The summed E-state index contributed by atoms with van der Waals surface area (Å²) < 4.78 is 12.1. The van der Waals surface area contributed by atoms with Gasteiger partial charge >= 0.3 is 0 Å². The molecule has 2 amide bonds. The van der Waals surface area contributed by atoms with Gasteiger partial charge in [0.25, 0.3) is 11.8 Å². The second kappa shape index (κ2) is 8.86. The lowest BCUT2D eigenvalue weighted by molar-refractivity contribution is 0.0495. The minimum Gasteiger partial charge on any atom is -0.497 e. The number of amides is 2. The van der Waals surface area contributed by atoms with Gasteiger partial charge in [-0.3, -0.25) is 9.59 Å². The molecule has 2 aromatic carbocycles. The number of likely N-dealkylation sites (tertiary alicyclic amines) is 1. The van der Waals surface area contributed by atoms with Gasteiger partial charge in [-0.25, -0.2) is 4.68 Å². The number of methoxy groups -OCH3 is 2. The van der Waals surface area contributed by atoms with Gasteiger partial charge in [0.2, 0.25) is 0 Å². The molecule has 0 bridgehead atoms. The molecule has 1 saturated heterocycles. The Balaban J connectivity index is 1.34. The molecule has 0 unspecified atom stereocenters. The summed E-state index contributed by atoms with van der Waals surface area (Å²) in [6.07, 6.45) is 1.61. The van der Waals surface area contributed by atoms with Crippen molar-refractivity contribution < 1.29 is 19.1 Å². The van der Waals surface area contributed by atoms with Gasteiger partial charge in [0.1, 0.15) is 11.5 Å². The van der Waals surface area contributed by atoms with E-state index in [1.54, 1.807) is 41.1 Å². The van der Waals surface area contributed by atoms with Crippen molar-refractivity contribution in [1.29, 1.82) is 0 Å². The lowest BCUT2D eigenvalue weighted by Gasteiger charge is -2.39. The number of nitrogens with one attached hydrogen (secondary N) is 1. The van der Waals surface area contributed by atoms with E-state index in [2.05, 4.69) is 15.6 Å². The molecular weight excluding hydrogens is 398 g/mol. The maximum absolute atomic E-state index is 12.8. The van der Waals surface area contributed by atoms with E-state index in [-0.39, 0.29) is 23.6 Å². The van der Waals surface area contributed by atoms with Crippen LogP contribution < -0.4 is 14.8 Å². The lowest BCUT2D eigenvalue weighted by Crippen LogP contribution is -2.51. The average molecular weight is 421 g/mol. The lowest BCUT2D eigenvalue weighted by atomic mass is 10.1. The molecule has 0 aliphatic carbocycles. The van der Waals surface area contributed by atoms with Crippen molar-refractivity contribution in [3.05, 3.63) is 71.5 Å². The van der Waals surface area contributed by atoms with Crippen LogP contribution in [0.1, 0.15) is 32.5 Å². The third kappa shape index (κ3) is 4.35. The predicted molar refractivity (Wildman–Crippen MR) is 112 cm³/mol. The molecule has 9 nitrogen and oxygen atoms in total. The fourth-order valence-electron chi connectivity index (χ4n) is 3.36. The molecule has 1 aliphatic rings. The van der Waals surface area contributed by atoms with Crippen LogP contribution in [-0.2, 0) is 6.54 Å². The van der Waals surface area contributed by atoms with Crippen LogP contribution in [0, 0.1) is 0 Å². The molecule has 31 heavy (non-hydrogen) atoms. The third-order valence-corrected chi connectivity index (χ3v) is 5.20. The van der Waals surface area contributed by atoms with E-state index in [1.165, 1.54) is 7.11 Å². The summed E-state index contributed by atoms with van der Waals surface area (Å²) in [5.41, 5.74) is 1.73. The maximum Gasteiger partial charge on any atom is 0.273 e. The summed E-state index contributed by atoms with van der Waals surface area (Å²) in [5, 5.41) is 10.9. The second-order valence-corrected chi connectivity index (χ2v) is 7.18. The highest BCUT2D eigenvalue weighted by Crippen LogP contribution is 2.29. The summed E-state index contributed by atoms with van der Waals surface area (Å²) in [6, 6.07) is 14.7. The number of benzene rings is 2. The molecule has 1 fully saturated rings. The Bertz CT molecular complexity index is 1080. The van der Waals surface area contributed by atoms with Gasteiger partial charge in [-0.2, -0.15) is 0 Å². The van der Waals surface area contributed by atoms with E-state index < -0.39 is 0 Å². The first kappa shape index (κ1) is 20.4. The average Bonchev–Trinajstić information content (AvgIpc) is 3.26. The van der Waals surface area contributed by atoms with Crippen molar-refractivity contribution in [3.8, 4) is 11.5 Å². The highest BCUT2D eigenvalue weighted by atomic mass is 16.5. The van der Waals surface area contributed by atoms with Crippen LogP contribution >= 0.6 is 0 Å². The monoisotopic (exact) mass is 421 g/mol. The topological polar surface area (TPSA) is 98.6 Å². The van der Waals surface area contributed by atoms with Crippen LogP contribution in [0.2, 0.25) is 0 Å². The zero-order chi connectivity index (χ0) is 21.8. The van der Waals surface area contributed by atoms with Crippen molar-refractivity contribution in [1.82, 2.24) is 25.2 Å². The zero-order valence-corrected chi connectivity index (χ0v) is 17.3. The normalized spacial score (nSPS) is 13.4. The van der Waals surface area contributed by atoms with Crippen LogP contribution in [0.5, 0.6) is 11.5 Å². The number of ether oxygens (including phenoxy) is 2. The fraction of sp³-hybridized carbons (Fsp3) is 0.273. The Hall–Kier alpha value is -3.88. The Morgan fingerprint density at radius 3 is 2.58 bits per heavy atom. The first-order chi connectivity index (χ1) is 15.1. The fourth-order valence-corrected chi connectivity index (χ4v) is 3.36. The highest BCUT2D eigenvalue weighted by molar-refractivity contribution is 5.97. The van der Waals surface area contributed by atoms with E-state index >= 15 is 0 Å². The van der Waals surface area contributed by atoms with Crippen LogP contribution in [0.25, 0.3) is 0 Å². The predicted octanol–water partition coefficient (Wildman–Crippen LogP) is 1.92. The van der Waals surface area contributed by atoms with Gasteiger partial charge in [0, 0.05) is 25.7 Å². The molecule has 0 atom stereocenters. The molecule has 4 rings (SSSR count). The van der Waals surface area contributed by atoms with Crippen molar-refractivity contribution in [3.63, 3.8) is 0 Å². The van der Waals surface area contributed by atoms with E-state index in [1.807, 2.05) is 30.3 Å². The molecule has 1 aromatic heterocycles. The second-order valence-electron chi connectivity index (χ2n) is 7.18. The van der Waals surface area contributed by atoms with E-state index in [0.29, 0.717) is 36.7 Å². The third-order valence-electron chi connectivity index (χ3n) is 5.20. The van der Waals surface area contributed by atoms with Crippen molar-refractivity contribution in [2.45, 2.75) is 12.6 Å². The Morgan fingerprint density at radius 2 is 1.87 bits per heavy atom. The molecule has 0 radical (unpaired) electrons. The minimum absolute atomic E-state index is 0.0311. The minimum atomic E-state index is -0.287. The molecule has 0 spiro atoms. The van der Waals surface area contributed by atoms with Gasteiger partial charge in [0.15, 0.2) is 5.69 Å². The molecule has 9 heteroatoms. The standard InChI is InChI=1S/C22H23N5O4/c1-30-17-8-9-18(20(10-17)31-2)22(29)26-12-16(13-26)27-14-19(24-25-27)21(28)23-11-15-6-4-3-5-7-15/h3-10,14,16H,11-13H2,1-2H3,(H,23,28). The highest BCUT2D eigenvalue weighted by Gasteiger charge is 2.34. The van der Waals surface area contributed by atoms with Crippen molar-refractivity contribution in [2.24, 2.45) is 0 Å². The van der Waals surface area contributed by atoms with Gasteiger partial charge in [-0.05, 0) is 17.7 Å². The zero-order valence-electron chi connectivity index (χ0n) is 17.3. The Kier molecular flexibility index (Phi) is 5.83. The number of hydrogen-bond donors (Lipinski definition) is 1. The summed E-state index contributed by atoms with van der Waals surface area (Å²) in [7, 11) is 3.08. The number of carbonyl (C=O) groups is 2. The molecule has 0 saturated carbocycles. The van der Waals surface area contributed by atoms with Gasteiger partial charge in [-0.15, -0.1) is 5.10 Å². The Labute approximate surface area is 179 Å². The molecule has 2 heterocycles. The smallest absolute Gasteiger partial charge is 0.273 e. The molecule has 1 aliphatic heterocycles. The van der Waals surface area contributed by atoms with Crippen molar-refractivity contribution >= 4 is 11.8 Å². The van der Waals surface area contributed by atoms with Gasteiger partial charge in [0.05, 0.1) is 32.0 Å². The van der Waals surface area contributed by atoms with E-state index in [9.17, 15) is 9.59 Å². The number of nitrogens with zero attached hydrogens (tertiary/aromatic N) is 4. The SMILES string of the molecule is COc1ccc(C(=O)N2CC(n3cc(C(=O)NCc4ccccc4)nn3)C2)c(OC)c1. The number of aromatic nitrogens is 3. The molecule has 160 valence electrons. The summed E-state index contributed by atoms with van der Waals surface area (Å²) in [6.45, 7) is 1.37. The van der Waals surface area contributed by atoms with Crippen LogP contribution in [0.15, 0.2) is 54.7 Å². The number of rotatable bonds is 7. The van der Waals surface area contributed by atoms with E-state index in [0.717, 1.165) is 5.56 Å².